The van der Waals surface area contributed by atoms with Gasteiger partial charge in [-0.2, -0.15) is 0 Å². The van der Waals surface area contributed by atoms with Crippen molar-refractivity contribution in [1.29, 1.82) is 0 Å². The number of aliphatic hydroxyl groups excluding tert-OH is 1. The summed E-state index contributed by atoms with van der Waals surface area (Å²) in [5.41, 5.74) is 1.22. The molecule has 7 nitrogen and oxygen atoms in total. The fourth-order valence-electron chi connectivity index (χ4n) is 2.88. The highest BCUT2D eigenvalue weighted by atomic mass is 35.5. The van der Waals surface area contributed by atoms with Gasteiger partial charge in [-0.05, 0) is 35.9 Å². The van der Waals surface area contributed by atoms with E-state index in [0.29, 0.717) is 34.0 Å². The second-order valence-electron chi connectivity index (χ2n) is 6.22. The summed E-state index contributed by atoms with van der Waals surface area (Å²) < 4.78 is 17.5. The number of fused-ring (bicyclic) bond motifs is 2. The first-order valence-corrected chi connectivity index (χ1v) is 8.77. The van der Waals surface area contributed by atoms with Crippen LogP contribution in [-0.4, -0.2) is 34.2 Å². The molecule has 0 fully saturated rings. The van der Waals surface area contributed by atoms with E-state index < -0.39 is 6.10 Å². The van der Waals surface area contributed by atoms with Crippen LogP contribution in [0.4, 0.5) is 0 Å². The van der Waals surface area contributed by atoms with Gasteiger partial charge in [0.2, 0.25) is 6.79 Å². The predicted octanol–water partition coefficient (Wildman–Crippen LogP) is 2.36. The molecule has 3 aromatic rings. The monoisotopic (exact) mass is 388 g/mol. The summed E-state index contributed by atoms with van der Waals surface area (Å²) in [5, 5.41) is 11.1. The molecule has 0 unspecified atom stereocenters. The zero-order valence-electron chi connectivity index (χ0n) is 14.3. The molecule has 0 spiro atoms. The molecule has 140 valence electrons. The Bertz CT molecular complexity index is 1040. The molecule has 2 aromatic carbocycles. The Morgan fingerprint density at radius 2 is 2.07 bits per heavy atom. The minimum absolute atomic E-state index is 0.0778. The molecule has 1 aliphatic rings. The van der Waals surface area contributed by atoms with E-state index in [4.69, 9.17) is 25.8 Å². The van der Waals surface area contributed by atoms with Crippen LogP contribution >= 0.6 is 11.6 Å². The molecule has 4 rings (SSSR count). The zero-order chi connectivity index (χ0) is 18.8. The first kappa shape index (κ1) is 17.8. The Balaban J connectivity index is 1.37. The van der Waals surface area contributed by atoms with E-state index in [1.54, 1.807) is 18.2 Å². The molecule has 2 heterocycles. The number of aliphatic hydroxyl groups is 1. The number of rotatable bonds is 6. The van der Waals surface area contributed by atoms with Gasteiger partial charge in [-0.1, -0.05) is 17.7 Å². The summed E-state index contributed by atoms with van der Waals surface area (Å²) in [4.78, 5) is 16.7. The van der Waals surface area contributed by atoms with Crippen molar-refractivity contribution in [3.05, 3.63) is 63.7 Å². The van der Waals surface area contributed by atoms with Crippen molar-refractivity contribution in [2.45, 2.75) is 19.3 Å². The quantitative estimate of drug-likeness (QED) is 0.698. The van der Waals surface area contributed by atoms with Gasteiger partial charge in [0.15, 0.2) is 11.5 Å². The fraction of sp³-hybridized carbons (Fsp3) is 0.263. The third-order valence-electron chi connectivity index (χ3n) is 4.21. The highest BCUT2D eigenvalue weighted by Crippen LogP contribution is 2.32. The molecule has 8 heteroatoms. The Morgan fingerprint density at radius 1 is 1.22 bits per heavy atom. The van der Waals surface area contributed by atoms with Gasteiger partial charge in [-0.25, -0.2) is 4.98 Å². The molecule has 1 N–H and O–H groups in total. The number of hydrogen-bond acceptors (Lipinski definition) is 6. The van der Waals surface area contributed by atoms with Crippen LogP contribution in [-0.2, 0) is 17.9 Å². The molecule has 0 bridgehead atoms. The summed E-state index contributed by atoms with van der Waals surface area (Å²) in [5.74, 6) is 1.39. The molecule has 0 saturated carbocycles. The van der Waals surface area contributed by atoms with Crippen molar-refractivity contribution < 1.29 is 19.3 Å². The summed E-state index contributed by atoms with van der Waals surface area (Å²) in [7, 11) is 0. The molecule has 1 aromatic heterocycles. The third-order valence-corrected chi connectivity index (χ3v) is 4.44. The van der Waals surface area contributed by atoms with E-state index >= 15 is 0 Å². The second-order valence-corrected chi connectivity index (χ2v) is 6.66. The summed E-state index contributed by atoms with van der Waals surface area (Å²) in [6, 6.07) is 10.5. The van der Waals surface area contributed by atoms with Crippen molar-refractivity contribution in [2.75, 3.05) is 13.4 Å². The molecule has 0 amide bonds. The normalized spacial score (nSPS) is 13.9. The number of benzene rings is 2. The summed E-state index contributed by atoms with van der Waals surface area (Å²) in [6.45, 7) is 0.691. The molecule has 1 aliphatic heterocycles. The molecular weight excluding hydrogens is 372 g/mol. The molecule has 1 atom stereocenters. The minimum atomic E-state index is -0.852. The largest absolute Gasteiger partial charge is 0.454 e. The summed E-state index contributed by atoms with van der Waals surface area (Å²) in [6.07, 6.45) is 0.565. The van der Waals surface area contributed by atoms with E-state index in [9.17, 15) is 9.90 Å². The van der Waals surface area contributed by atoms with Gasteiger partial charge in [0, 0.05) is 5.02 Å². The highest BCUT2D eigenvalue weighted by molar-refractivity contribution is 6.31. The zero-order valence-corrected chi connectivity index (χ0v) is 15.1. The Hall–Kier alpha value is -2.61. The summed E-state index contributed by atoms with van der Waals surface area (Å²) >= 11 is 5.95. The van der Waals surface area contributed by atoms with E-state index in [0.717, 1.165) is 5.56 Å². The molecule has 27 heavy (non-hydrogen) atoms. The van der Waals surface area contributed by atoms with E-state index in [-0.39, 0.29) is 25.5 Å². The SMILES string of the molecule is O=c1c2cc(Cl)ccc2ncn1C[C@@H](O)COCc1ccc2c(c1)OCO2. The van der Waals surface area contributed by atoms with Crippen LogP contribution in [0.3, 0.4) is 0 Å². The lowest BCUT2D eigenvalue weighted by molar-refractivity contribution is 0.0198. The average Bonchev–Trinajstić information content (AvgIpc) is 3.12. The predicted molar refractivity (Wildman–Crippen MR) is 99.2 cm³/mol. The van der Waals surface area contributed by atoms with Crippen molar-refractivity contribution >= 4 is 22.5 Å². The second kappa shape index (κ2) is 7.56. The van der Waals surface area contributed by atoms with Gasteiger partial charge in [0.1, 0.15) is 0 Å². The topological polar surface area (TPSA) is 82.8 Å². The van der Waals surface area contributed by atoms with Crippen LogP contribution in [0.2, 0.25) is 5.02 Å². The number of ether oxygens (including phenoxy) is 3. The van der Waals surface area contributed by atoms with E-state index in [2.05, 4.69) is 4.98 Å². The number of halogens is 1. The maximum atomic E-state index is 12.5. The Kier molecular flexibility index (Phi) is 4.98. The van der Waals surface area contributed by atoms with Gasteiger partial charge < -0.3 is 19.3 Å². The van der Waals surface area contributed by atoms with Gasteiger partial charge in [-0.15, -0.1) is 0 Å². The number of hydrogen-bond donors (Lipinski definition) is 1. The lowest BCUT2D eigenvalue weighted by Gasteiger charge is -2.13. The van der Waals surface area contributed by atoms with Crippen LogP contribution in [0, 0.1) is 0 Å². The van der Waals surface area contributed by atoms with Crippen molar-refractivity contribution in [3.8, 4) is 11.5 Å². The van der Waals surface area contributed by atoms with E-state index in [1.807, 2.05) is 18.2 Å². The molecule has 0 saturated heterocycles. The third kappa shape index (κ3) is 3.90. The minimum Gasteiger partial charge on any atom is -0.454 e. The average molecular weight is 389 g/mol. The first-order chi connectivity index (χ1) is 13.1. The van der Waals surface area contributed by atoms with E-state index in [1.165, 1.54) is 10.9 Å². The number of aromatic nitrogens is 2. The lowest BCUT2D eigenvalue weighted by atomic mass is 10.2. The fourth-order valence-corrected chi connectivity index (χ4v) is 3.06. The first-order valence-electron chi connectivity index (χ1n) is 8.39. The Labute approximate surface area is 159 Å². The van der Waals surface area contributed by atoms with Gasteiger partial charge in [-0.3, -0.25) is 9.36 Å². The van der Waals surface area contributed by atoms with Gasteiger partial charge in [0.25, 0.3) is 5.56 Å². The smallest absolute Gasteiger partial charge is 0.261 e. The van der Waals surface area contributed by atoms with Crippen LogP contribution in [0.15, 0.2) is 47.5 Å². The lowest BCUT2D eigenvalue weighted by Crippen LogP contribution is -2.29. The Morgan fingerprint density at radius 3 is 2.96 bits per heavy atom. The molecule has 0 aliphatic carbocycles. The van der Waals surface area contributed by atoms with Crippen LogP contribution in [0.25, 0.3) is 10.9 Å². The van der Waals surface area contributed by atoms with Gasteiger partial charge in [0.05, 0.1) is 43.1 Å². The van der Waals surface area contributed by atoms with Crippen molar-refractivity contribution in [3.63, 3.8) is 0 Å². The maximum Gasteiger partial charge on any atom is 0.261 e. The van der Waals surface area contributed by atoms with Crippen LogP contribution in [0.1, 0.15) is 5.56 Å². The molecular formula is C19H17ClN2O5. The van der Waals surface area contributed by atoms with Gasteiger partial charge >= 0.3 is 0 Å². The van der Waals surface area contributed by atoms with Crippen molar-refractivity contribution in [2.24, 2.45) is 0 Å². The standard InChI is InChI=1S/C19H17ClN2O5/c20-13-2-3-16-15(6-13)19(24)22(10-21-16)7-14(23)9-25-8-12-1-4-17-18(5-12)27-11-26-17/h1-6,10,14,23H,7-9,11H2/t14-/m1/s1. The van der Waals surface area contributed by atoms with Crippen LogP contribution in [0.5, 0.6) is 11.5 Å². The molecule has 0 radical (unpaired) electrons. The number of nitrogens with zero attached hydrogens (tertiary/aromatic N) is 2. The van der Waals surface area contributed by atoms with Crippen molar-refractivity contribution in [1.82, 2.24) is 9.55 Å². The van der Waals surface area contributed by atoms with Crippen LogP contribution < -0.4 is 15.0 Å². The highest BCUT2D eigenvalue weighted by Gasteiger charge is 2.14. The maximum absolute atomic E-state index is 12.5.